The number of ether oxygens (including phenoxy) is 2. The number of carbonyl (C=O) groups excluding carboxylic acids is 2. The van der Waals surface area contributed by atoms with Gasteiger partial charge in [0.15, 0.2) is 0 Å². The summed E-state index contributed by atoms with van der Waals surface area (Å²) in [5, 5.41) is 0. The second-order valence-electron chi connectivity index (χ2n) is 8.32. The zero-order chi connectivity index (χ0) is 20.4. The lowest BCUT2D eigenvalue weighted by Crippen LogP contribution is -2.59. The van der Waals surface area contributed by atoms with Crippen molar-refractivity contribution in [1.82, 2.24) is 14.7 Å². The van der Waals surface area contributed by atoms with Crippen LogP contribution in [0.25, 0.3) is 0 Å². The van der Waals surface area contributed by atoms with Gasteiger partial charge in [-0.05, 0) is 43.4 Å². The number of hydrogen-bond donors (Lipinski definition) is 0. The van der Waals surface area contributed by atoms with Gasteiger partial charge >= 0.3 is 6.03 Å². The minimum atomic E-state index is -0.727. The maximum atomic E-state index is 13.6. The first-order chi connectivity index (χ1) is 14.1. The fourth-order valence-electron chi connectivity index (χ4n) is 4.86. The highest BCUT2D eigenvalue weighted by atomic mass is 16.5. The van der Waals surface area contributed by atoms with Crippen LogP contribution < -0.4 is 4.74 Å². The van der Waals surface area contributed by atoms with Crippen molar-refractivity contribution >= 4 is 11.9 Å². The first kappa shape index (κ1) is 20.2. The molecular weight excluding hydrogens is 370 g/mol. The molecule has 1 spiro atoms. The van der Waals surface area contributed by atoms with Crippen LogP contribution in [0.2, 0.25) is 0 Å². The summed E-state index contributed by atoms with van der Waals surface area (Å²) in [6, 6.07) is 8.01. The van der Waals surface area contributed by atoms with Crippen LogP contribution in [0.1, 0.15) is 37.7 Å². The third-order valence-electron chi connectivity index (χ3n) is 6.83. The predicted octanol–water partition coefficient (Wildman–Crippen LogP) is 2.49. The first-order valence-electron chi connectivity index (χ1n) is 10.6. The molecule has 1 aromatic rings. The summed E-state index contributed by atoms with van der Waals surface area (Å²) in [5.41, 5.74) is 0.163. The average Bonchev–Trinajstić information content (AvgIpc) is 2.88. The van der Waals surface area contributed by atoms with Crippen molar-refractivity contribution in [1.29, 1.82) is 0 Å². The first-order valence-corrected chi connectivity index (χ1v) is 10.6. The summed E-state index contributed by atoms with van der Waals surface area (Å²) in [6.45, 7) is 2.89. The molecule has 0 aromatic heterocycles. The molecule has 2 aliphatic heterocycles. The standard InChI is InChI=1S/C22H31N3O4/c1-28-14-13-25-21(27)24(16-17-5-3-8-19(15-17)29-2)20(26)22(25)9-11-23(12-10-22)18-6-4-7-18/h3,5,8,15,18H,4,6-7,9-14,16H2,1-2H3. The van der Waals surface area contributed by atoms with Gasteiger partial charge in [-0.2, -0.15) is 0 Å². The van der Waals surface area contributed by atoms with E-state index in [0.717, 1.165) is 24.4 Å². The summed E-state index contributed by atoms with van der Waals surface area (Å²) in [5.74, 6) is 0.663. The fourth-order valence-corrected chi connectivity index (χ4v) is 4.86. The topological polar surface area (TPSA) is 62.3 Å². The quantitative estimate of drug-likeness (QED) is 0.657. The predicted molar refractivity (Wildman–Crippen MR) is 109 cm³/mol. The van der Waals surface area contributed by atoms with Crippen LogP contribution in [0.5, 0.6) is 5.75 Å². The zero-order valence-electron chi connectivity index (χ0n) is 17.4. The molecule has 3 amide bonds. The van der Waals surface area contributed by atoms with E-state index in [4.69, 9.17) is 9.47 Å². The highest BCUT2D eigenvalue weighted by molar-refractivity contribution is 6.07. The lowest BCUT2D eigenvalue weighted by Gasteiger charge is -2.46. The number of likely N-dealkylation sites (tertiary alicyclic amines) is 1. The Morgan fingerprint density at radius 2 is 1.90 bits per heavy atom. The van der Waals surface area contributed by atoms with Gasteiger partial charge in [-0.3, -0.25) is 9.69 Å². The molecule has 29 heavy (non-hydrogen) atoms. The van der Waals surface area contributed by atoms with E-state index in [2.05, 4.69) is 4.90 Å². The van der Waals surface area contributed by atoms with Crippen molar-refractivity contribution in [3.8, 4) is 5.75 Å². The van der Waals surface area contributed by atoms with Crippen molar-refractivity contribution in [3.05, 3.63) is 29.8 Å². The van der Waals surface area contributed by atoms with E-state index in [0.29, 0.717) is 32.0 Å². The Bertz CT molecular complexity index is 756. The van der Waals surface area contributed by atoms with Crippen molar-refractivity contribution in [3.63, 3.8) is 0 Å². The average molecular weight is 402 g/mol. The molecule has 7 nitrogen and oxygen atoms in total. The smallest absolute Gasteiger partial charge is 0.328 e. The summed E-state index contributed by atoms with van der Waals surface area (Å²) in [7, 11) is 3.24. The van der Waals surface area contributed by atoms with Gasteiger partial charge in [0, 0.05) is 32.8 Å². The maximum Gasteiger partial charge on any atom is 0.328 e. The highest BCUT2D eigenvalue weighted by Gasteiger charge is 2.58. The van der Waals surface area contributed by atoms with Crippen LogP contribution in [0.3, 0.4) is 0 Å². The molecule has 7 heteroatoms. The third-order valence-corrected chi connectivity index (χ3v) is 6.83. The van der Waals surface area contributed by atoms with Gasteiger partial charge in [0.2, 0.25) is 0 Å². The molecule has 1 aliphatic carbocycles. The second kappa shape index (κ2) is 8.32. The normalized spacial score (nSPS) is 22.4. The largest absolute Gasteiger partial charge is 0.497 e. The molecule has 2 saturated heterocycles. The van der Waals surface area contributed by atoms with E-state index in [9.17, 15) is 9.59 Å². The van der Waals surface area contributed by atoms with Gasteiger partial charge in [-0.25, -0.2) is 4.79 Å². The third kappa shape index (κ3) is 3.62. The molecule has 2 heterocycles. The Morgan fingerprint density at radius 1 is 1.14 bits per heavy atom. The van der Waals surface area contributed by atoms with E-state index < -0.39 is 5.54 Å². The lowest BCUT2D eigenvalue weighted by atomic mass is 9.82. The summed E-state index contributed by atoms with van der Waals surface area (Å²) in [4.78, 5) is 32.5. The lowest BCUT2D eigenvalue weighted by molar-refractivity contribution is -0.136. The van der Waals surface area contributed by atoms with Gasteiger partial charge < -0.3 is 19.3 Å². The minimum Gasteiger partial charge on any atom is -0.497 e. The molecule has 1 saturated carbocycles. The van der Waals surface area contributed by atoms with Gasteiger partial charge in [0.05, 0.1) is 20.3 Å². The van der Waals surface area contributed by atoms with Crippen molar-refractivity contribution in [2.24, 2.45) is 0 Å². The molecule has 0 unspecified atom stereocenters. The molecule has 158 valence electrons. The van der Waals surface area contributed by atoms with Crippen LogP contribution in [0.4, 0.5) is 4.79 Å². The van der Waals surface area contributed by atoms with Crippen LogP contribution in [-0.2, 0) is 16.1 Å². The minimum absolute atomic E-state index is 0.0605. The van der Waals surface area contributed by atoms with E-state index in [1.54, 1.807) is 19.1 Å². The summed E-state index contributed by atoms with van der Waals surface area (Å²) >= 11 is 0. The number of benzene rings is 1. The van der Waals surface area contributed by atoms with Crippen molar-refractivity contribution < 1.29 is 19.1 Å². The fraction of sp³-hybridized carbons (Fsp3) is 0.636. The number of piperidine rings is 1. The van der Waals surface area contributed by atoms with Gasteiger partial charge in [0.25, 0.3) is 5.91 Å². The molecule has 0 N–H and O–H groups in total. The number of nitrogens with zero attached hydrogens (tertiary/aromatic N) is 3. The van der Waals surface area contributed by atoms with Crippen molar-refractivity contribution in [2.45, 2.75) is 50.2 Å². The SMILES string of the molecule is COCCN1C(=O)N(Cc2cccc(OC)c2)C(=O)C12CCN(C1CCC1)CC2. The Hall–Kier alpha value is -2.12. The monoisotopic (exact) mass is 401 g/mol. The molecule has 1 aromatic carbocycles. The van der Waals surface area contributed by atoms with Crippen LogP contribution in [0.15, 0.2) is 24.3 Å². The number of hydrogen-bond acceptors (Lipinski definition) is 5. The molecule has 3 aliphatic rings. The number of amides is 3. The maximum absolute atomic E-state index is 13.6. The van der Waals surface area contributed by atoms with Gasteiger partial charge in [0.1, 0.15) is 11.3 Å². The van der Waals surface area contributed by atoms with E-state index in [1.807, 2.05) is 24.3 Å². The molecule has 0 atom stereocenters. The molecular formula is C22H31N3O4. The molecule has 0 bridgehead atoms. The Labute approximate surface area is 172 Å². The van der Waals surface area contributed by atoms with E-state index in [-0.39, 0.29) is 18.5 Å². The van der Waals surface area contributed by atoms with Gasteiger partial charge in [-0.1, -0.05) is 18.6 Å². The van der Waals surface area contributed by atoms with E-state index >= 15 is 0 Å². The number of rotatable bonds is 7. The Morgan fingerprint density at radius 3 is 2.52 bits per heavy atom. The van der Waals surface area contributed by atoms with Crippen LogP contribution in [0, 0.1) is 0 Å². The van der Waals surface area contributed by atoms with Crippen LogP contribution >= 0.6 is 0 Å². The van der Waals surface area contributed by atoms with E-state index in [1.165, 1.54) is 24.2 Å². The number of urea groups is 1. The zero-order valence-corrected chi connectivity index (χ0v) is 17.4. The Kier molecular flexibility index (Phi) is 5.79. The molecule has 4 rings (SSSR count). The molecule has 3 fully saturated rings. The van der Waals surface area contributed by atoms with Gasteiger partial charge in [-0.15, -0.1) is 0 Å². The number of imide groups is 1. The molecule has 0 radical (unpaired) electrons. The second-order valence-corrected chi connectivity index (χ2v) is 8.32. The number of carbonyl (C=O) groups is 2. The summed E-state index contributed by atoms with van der Waals surface area (Å²) in [6.07, 6.45) is 5.22. The Balaban J connectivity index is 1.54. The highest BCUT2D eigenvalue weighted by Crippen LogP contribution is 2.40. The van der Waals surface area contributed by atoms with Crippen LogP contribution in [-0.4, -0.2) is 78.7 Å². The number of methoxy groups -OCH3 is 2. The van der Waals surface area contributed by atoms with Crippen molar-refractivity contribution in [2.75, 3.05) is 40.5 Å². The summed E-state index contributed by atoms with van der Waals surface area (Å²) < 4.78 is 10.5.